The van der Waals surface area contributed by atoms with Gasteiger partial charge in [-0.25, -0.2) is 0 Å². The number of hydrogen-bond acceptors (Lipinski definition) is 3. The van der Waals surface area contributed by atoms with E-state index in [0.29, 0.717) is 23.3 Å². The number of Topliss-reactive ketones (excluding diaryl/α,β-unsaturated/α-hetero) is 1. The maximum atomic E-state index is 12.1. The standard InChI is InChI=1S/C24H28O3/c1-14-10-16(8-9-23(14)26-3)21-12-17-11-20(15(2)25)24(27-4)13-22(17)19-7-5-6-18(19)21/h8-11,13,18-19,21H,5-7,12H2,1-4H3/t18-,19+,21-/m0/s1. The number of ether oxygens (including phenoxy) is 2. The fraction of sp³-hybridized carbons (Fsp3) is 0.458. The highest BCUT2D eigenvalue weighted by Crippen LogP contribution is 2.53. The van der Waals surface area contributed by atoms with Crippen molar-refractivity contribution in [3.05, 3.63) is 58.1 Å². The van der Waals surface area contributed by atoms with Crippen molar-refractivity contribution in [1.82, 2.24) is 0 Å². The molecule has 0 spiro atoms. The zero-order chi connectivity index (χ0) is 19.1. The van der Waals surface area contributed by atoms with Gasteiger partial charge in [-0.05, 0) is 91.3 Å². The van der Waals surface area contributed by atoms with Gasteiger partial charge in [-0.3, -0.25) is 4.79 Å². The quantitative estimate of drug-likeness (QED) is 0.678. The molecule has 0 aromatic heterocycles. The summed E-state index contributed by atoms with van der Waals surface area (Å²) >= 11 is 0. The van der Waals surface area contributed by atoms with Gasteiger partial charge in [0.05, 0.1) is 19.8 Å². The van der Waals surface area contributed by atoms with Gasteiger partial charge < -0.3 is 9.47 Å². The molecule has 0 heterocycles. The Balaban J connectivity index is 1.79. The van der Waals surface area contributed by atoms with Gasteiger partial charge in [0.15, 0.2) is 5.78 Å². The summed E-state index contributed by atoms with van der Waals surface area (Å²) in [7, 11) is 3.38. The van der Waals surface area contributed by atoms with Gasteiger partial charge in [-0.2, -0.15) is 0 Å². The van der Waals surface area contributed by atoms with Crippen molar-refractivity contribution in [3.8, 4) is 11.5 Å². The van der Waals surface area contributed by atoms with E-state index in [2.05, 4.69) is 37.3 Å². The van der Waals surface area contributed by atoms with Gasteiger partial charge in [-0.15, -0.1) is 0 Å². The lowest BCUT2D eigenvalue weighted by atomic mass is 9.67. The molecule has 4 rings (SSSR count). The van der Waals surface area contributed by atoms with Crippen LogP contribution in [0, 0.1) is 12.8 Å². The summed E-state index contributed by atoms with van der Waals surface area (Å²) in [6, 6.07) is 10.9. The predicted octanol–water partition coefficient (Wildman–Crippen LogP) is 5.44. The molecule has 2 aromatic carbocycles. The molecule has 142 valence electrons. The molecular formula is C24H28O3. The molecule has 3 heteroatoms. The molecule has 2 aliphatic carbocycles. The SMILES string of the molecule is COc1ccc([C@@H]2Cc3cc(C(C)=O)c(OC)cc3[C@@H]3CCC[C@H]23)cc1C. The van der Waals surface area contributed by atoms with E-state index in [4.69, 9.17) is 9.47 Å². The van der Waals surface area contributed by atoms with Gasteiger partial charge in [0.2, 0.25) is 0 Å². The molecule has 3 nitrogen and oxygen atoms in total. The molecular weight excluding hydrogens is 336 g/mol. The number of carbonyl (C=O) groups excluding carboxylic acids is 1. The topological polar surface area (TPSA) is 35.5 Å². The number of aryl methyl sites for hydroxylation is 1. The molecule has 27 heavy (non-hydrogen) atoms. The molecule has 2 aromatic rings. The number of hydrogen-bond donors (Lipinski definition) is 0. The van der Waals surface area contributed by atoms with Crippen LogP contribution in [-0.4, -0.2) is 20.0 Å². The van der Waals surface area contributed by atoms with Crippen molar-refractivity contribution >= 4 is 5.78 Å². The number of carbonyl (C=O) groups is 1. The largest absolute Gasteiger partial charge is 0.496 e. The number of benzene rings is 2. The fourth-order valence-electron chi connectivity index (χ4n) is 5.35. The molecule has 2 aliphatic rings. The molecule has 0 radical (unpaired) electrons. The van der Waals surface area contributed by atoms with Crippen molar-refractivity contribution in [2.45, 2.75) is 51.4 Å². The summed E-state index contributed by atoms with van der Waals surface area (Å²) in [5.74, 6) is 3.48. The van der Waals surface area contributed by atoms with E-state index in [-0.39, 0.29) is 5.78 Å². The van der Waals surface area contributed by atoms with Gasteiger partial charge in [0.1, 0.15) is 11.5 Å². The zero-order valence-electron chi connectivity index (χ0n) is 16.7. The van der Waals surface area contributed by atoms with Gasteiger partial charge in [0.25, 0.3) is 0 Å². The highest BCUT2D eigenvalue weighted by Gasteiger charge is 2.41. The molecule has 1 saturated carbocycles. The van der Waals surface area contributed by atoms with Gasteiger partial charge in [0, 0.05) is 0 Å². The van der Waals surface area contributed by atoms with Crippen LogP contribution in [0.4, 0.5) is 0 Å². The highest BCUT2D eigenvalue weighted by atomic mass is 16.5. The lowest BCUT2D eigenvalue weighted by Gasteiger charge is -2.37. The van der Waals surface area contributed by atoms with Crippen LogP contribution in [0.5, 0.6) is 11.5 Å². The molecule has 0 saturated heterocycles. The third-order valence-corrected chi connectivity index (χ3v) is 6.61. The van der Waals surface area contributed by atoms with Crippen LogP contribution in [0.2, 0.25) is 0 Å². The van der Waals surface area contributed by atoms with Crippen LogP contribution in [0.25, 0.3) is 0 Å². The van der Waals surface area contributed by atoms with Crippen LogP contribution >= 0.6 is 0 Å². The number of methoxy groups -OCH3 is 2. The summed E-state index contributed by atoms with van der Waals surface area (Å²) < 4.78 is 11.0. The predicted molar refractivity (Wildman–Crippen MR) is 107 cm³/mol. The number of rotatable bonds is 4. The Labute approximate surface area is 161 Å². The molecule has 0 unspecified atom stereocenters. The first-order chi connectivity index (χ1) is 13.0. The van der Waals surface area contributed by atoms with Crippen molar-refractivity contribution in [2.75, 3.05) is 14.2 Å². The minimum Gasteiger partial charge on any atom is -0.496 e. The van der Waals surface area contributed by atoms with Crippen molar-refractivity contribution in [2.24, 2.45) is 5.92 Å². The van der Waals surface area contributed by atoms with E-state index >= 15 is 0 Å². The zero-order valence-corrected chi connectivity index (χ0v) is 16.7. The van der Waals surface area contributed by atoms with E-state index in [0.717, 1.165) is 17.9 Å². The lowest BCUT2D eigenvalue weighted by molar-refractivity contribution is 0.101. The van der Waals surface area contributed by atoms with Crippen LogP contribution in [0.1, 0.15) is 70.6 Å². The Hall–Kier alpha value is -2.29. The highest BCUT2D eigenvalue weighted by molar-refractivity contribution is 5.97. The first-order valence-corrected chi connectivity index (χ1v) is 9.89. The second-order valence-corrected chi connectivity index (χ2v) is 8.05. The van der Waals surface area contributed by atoms with E-state index in [1.165, 1.54) is 41.5 Å². The van der Waals surface area contributed by atoms with Gasteiger partial charge in [-0.1, -0.05) is 18.6 Å². The van der Waals surface area contributed by atoms with Crippen molar-refractivity contribution in [1.29, 1.82) is 0 Å². The van der Waals surface area contributed by atoms with Crippen LogP contribution in [0.15, 0.2) is 30.3 Å². The maximum Gasteiger partial charge on any atom is 0.163 e. The second-order valence-electron chi connectivity index (χ2n) is 8.05. The number of ketones is 1. The molecule has 0 bridgehead atoms. The van der Waals surface area contributed by atoms with E-state index < -0.39 is 0 Å². The maximum absolute atomic E-state index is 12.1. The van der Waals surface area contributed by atoms with Crippen molar-refractivity contribution < 1.29 is 14.3 Å². The monoisotopic (exact) mass is 364 g/mol. The Bertz CT molecular complexity index is 883. The average Bonchev–Trinajstić information content (AvgIpc) is 3.16. The summed E-state index contributed by atoms with van der Waals surface area (Å²) in [6.07, 6.45) is 4.77. The average molecular weight is 364 g/mol. The smallest absolute Gasteiger partial charge is 0.163 e. The summed E-state index contributed by atoms with van der Waals surface area (Å²) in [5.41, 5.74) is 6.02. The lowest BCUT2D eigenvalue weighted by Crippen LogP contribution is -2.25. The Morgan fingerprint density at radius 2 is 1.78 bits per heavy atom. The third kappa shape index (κ3) is 3.03. The van der Waals surface area contributed by atoms with E-state index in [9.17, 15) is 4.79 Å². The molecule has 0 amide bonds. The summed E-state index contributed by atoms with van der Waals surface area (Å²) in [4.78, 5) is 12.1. The van der Waals surface area contributed by atoms with Crippen molar-refractivity contribution in [3.63, 3.8) is 0 Å². The van der Waals surface area contributed by atoms with Crippen LogP contribution in [-0.2, 0) is 6.42 Å². The Kier molecular flexibility index (Phi) is 4.71. The van der Waals surface area contributed by atoms with Crippen LogP contribution in [0.3, 0.4) is 0 Å². The number of fused-ring (bicyclic) bond motifs is 3. The van der Waals surface area contributed by atoms with Crippen LogP contribution < -0.4 is 9.47 Å². The summed E-state index contributed by atoms with van der Waals surface area (Å²) in [6.45, 7) is 3.74. The van der Waals surface area contributed by atoms with E-state index in [1.54, 1.807) is 21.1 Å². The second kappa shape index (κ2) is 7.03. The van der Waals surface area contributed by atoms with E-state index in [1.807, 2.05) is 0 Å². The first-order valence-electron chi connectivity index (χ1n) is 9.89. The minimum atomic E-state index is 0.0695. The molecule has 0 aliphatic heterocycles. The molecule has 0 N–H and O–H groups in total. The molecule has 3 atom stereocenters. The fourth-order valence-corrected chi connectivity index (χ4v) is 5.35. The molecule has 1 fully saturated rings. The Morgan fingerprint density at radius 3 is 2.44 bits per heavy atom. The third-order valence-electron chi connectivity index (χ3n) is 6.61. The first kappa shape index (κ1) is 18.1. The van der Waals surface area contributed by atoms with Gasteiger partial charge >= 0.3 is 0 Å². The normalized spacial score (nSPS) is 23.5. The Morgan fingerprint density at radius 1 is 1.00 bits per heavy atom. The summed E-state index contributed by atoms with van der Waals surface area (Å²) in [5, 5.41) is 0. The minimum absolute atomic E-state index is 0.0695.